The van der Waals surface area contributed by atoms with E-state index in [0.717, 1.165) is 0 Å². The predicted octanol–water partition coefficient (Wildman–Crippen LogP) is 0.858. The number of aromatic nitrogens is 4. The Kier molecular flexibility index (Phi) is 1.89. The molecule has 5 heteroatoms. The summed E-state index contributed by atoms with van der Waals surface area (Å²) < 4.78 is 12.2. The monoisotopic (exact) mass is 158 g/mol. The van der Waals surface area contributed by atoms with Crippen molar-refractivity contribution in [2.45, 2.75) is 27.3 Å². The van der Waals surface area contributed by atoms with Crippen molar-refractivity contribution < 1.29 is 4.39 Å². The second-order valence-electron chi connectivity index (χ2n) is 3.65. The molecule has 0 aromatic carbocycles. The topological polar surface area (TPSA) is 43.6 Å². The van der Waals surface area contributed by atoms with Gasteiger partial charge in [0.15, 0.2) is 0 Å². The minimum absolute atomic E-state index is 0.0488. The van der Waals surface area contributed by atoms with Gasteiger partial charge in [-0.2, -0.15) is 9.19 Å². The van der Waals surface area contributed by atoms with E-state index in [4.69, 9.17) is 0 Å². The molecule has 0 saturated heterocycles. The van der Waals surface area contributed by atoms with E-state index in [0.29, 0.717) is 6.54 Å². The number of rotatable bonds is 1. The van der Waals surface area contributed by atoms with Gasteiger partial charge in [0, 0.05) is 0 Å². The molecule has 1 aromatic heterocycles. The van der Waals surface area contributed by atoms with Crippen LogP contribution >= 0.6 is 0 Å². The molecule has 1 aromatic rings. The molecule has 0 amide bonds. The van der Waals surface area contributed by atoms with Gasteiger partial charge >= 0.3 is 6.08 Å². The van der Waals surface area contributed by atoms with Crippen LogP contribution in [0.25, 0.3) is 0 Å². The molecule has 0 atom stereocenters. The maximum Gasteiger partial charge on any atom is 0.347 e. The molecule has 62 valence electrons. The van der Waals surface area contributed by atoms with Crippen LogP contribution in [0.4, 0.5) is 4.39 Å². The van der Waals surface area contributed by atoms with Crippen LogP contribution in [0.15, 0.2) is 0 Å². The van der Waals surface area contributed by atoms with Crippen LogP contribution in [0.3, 0.4) is 0 Å². The zero-order valence-corrected chi connectivity index (χ0v) is 6.87. The molecule has 1 rings (SSSR count). The first-order valence-corrected chi connectivity index (χ1v) is 3.41. The molecular weight excluding hydrogens is 147 g/mol. The summed E-state index contributed by atoms with van der Waals surface area (Å²) in [7, 11) is 0. The Morgan fingerprint density at radius 2 is 2.09 bits per heavy atom. The summed E-state index contributed by atoms with van der Waals surface area (Å²) in [6.07, 6.45) is -0.769. The summed E-state index contributed by atoms with van der Waals surface area (Å²) in [5.74, 6) is 0. The maximum atomic E-state index is 12.2. The molecule has 0 aliphatic heterocycles. The van der Waals surface area contributed by atoms with Crippen molar-refractivity contribution in [2.75, 3.05) is 0 Å². The lowest BCUT2D eigenvalue weighted by atomic mass is 9.97. The van der Waals surface area contributed by atoms with E-state index in [1.54, 1.807) is 0 Å². The second kappa shape index (κ2) is 2.56. The number of hydrogen-bond acceptors (Lipinski definition) is 3. The van der Waals surface area contributed by atoms with Crippen molar-refractivity contribution in [1.29, 1.82) is 0 Å². The smallest absolute Gasteiger partial charge is 0.161 e. The quantitative estimate of drug-likeness (QED) is 0.608. The normalized spacial score (nSPS) is 12.0. The highest BCUT2D eigenvalue weighted by Gasteiger charge is 2.13. The lowest BCUT2D eigenvalue weighted by molar-refractivity contribution is 0.297. The van der Waals surface area contributed by atoms with Crippen LogP contribution in [0.5, 0.6) is 0 Å². The Morgan fingerprint density at radius 3 is 2.45 bits per heavy atom. The van der Waals surface area contributed by atoms with E-state index >= 15 is 0 Å². The molecule has 0 bridgehead atoms. The van der Waals surface area contributed by atoms with Crippen LogP contribution < -0.4 is 0 Å². The van der Waals surface area contributed by atoms with Crippen molar-refractivity contribution in [2.24, 2.45) is 5.41 Å². The predicted molar refractivity (Wildman–Crippen MR) is 37.2 cm³/mol. The highest BCUT2D eigenvalue weighted by Crippen LogP contribution is 2.14. The Hall–Kier alpha value is -1.00. The van der Waals surface area contributed by atoms with Gasteiger partial charge in [0.1, 0.15) is 0 Å². The summed E-state index contributed by atoms with van der Waals surface area (Å²) in [6, 6.07) is 0. The van der Waals surface area contributed by atoms with Crippen molar-refractivity contribution in [1.82, 2.24) is 20.2 Å². The molecule has 0 saturated carbocycles. The molecule has 0 spiro atoms. The molecule has 0 radical (unpaired) electrons. The fraction of sp³-hybridized carbons (Fsp3) is 0.833. The summed E-state index contributed by atoms with van der Waals surface area (Å²) in [5, 5.41) is 10.0. The van der Waals surface area contributed by atoms with Gasteiger partial charge in [0.2, 0.25) is 0 Å². The van der Waals surface area contributed by atoms with Gasteiger partial charge in [-0.25, -0.2) is 0 Å². The average Bonchev–Trinajstić information content (AvgIpc) is 2.10. The van der Waals surface area contributed by atoms with Gasteiger partial charge in [0.05, 0.1) is 6.54 Å². The number of tetrazole rings is 1. The summed E-state index contributed by atoms with van der Waals surface area (Å²) in [5.41, 5.74) is 0.0488. The standard InChI is InChI=1S/C6H11FN4/c1-6(2,3)4-11-9-5(7)8-10-11/h4H2,1-3H3. The lowest BCUT2D eigenvalue weighted by Gasteiger charge is -2.15. The fourth-order valence-electron chi connectivity index (χ4n) is 0.715. The van der Waals surface area contributed by atoms with Crippen LogP contribution in [-0.2, 0) is 6.54 Å². The van der Waals surface area contributed by atoms with Crippen molar-refractivity contribution in [3.05, 3.63) is 6.08 Å². The summed E-state index contributed by atoms with van der Waals surface area (Å²) in [4.78, 5) is 1.26. The second-order valence-corrected chi connectivity index (χ2v) is 3.65. The van der Waals surface area contributed by atoms with E-state index in [9.17, 15) is 4.39 Å². The fourth-order valence-corrected chi connectivity index (χ4v) is 0.715. The van der Waals surface area contributed by atoms with Crippen molar-refractivity contribution in [3.63, 3.8) is 0 Å². The zero-order chi connectivity index (χ0) is 8.48. The molecule has 0 fully saturated rings. The zero-order valence-electron chi connectivity index (χ0n) is 6.87. The third-order valence-corrected chi connectivity index (χ3v) is 1.04. The largest absolute Gasteiger partial charge is 0.347 e. The molecule has 0 unspecified atom stereocenters. The van der Waals surface area contributed by atoms with Gasteiger partial charge in [-0.05, 0) is 10.6 Å². The molecule has 4 nitrogen and oxygen atoms in total. The number of hydrogen-bond donors (Lipinski definition) is 0. The highest BCUT2D eigenvalue weighted by molar-refractivity contribution is 4.59. The molecule has 11 heavy (non-hydrogen) atoms. The Morgan fingerprint density at radius 1 is 1.45 bits per heavy atom. The Balaban J connectivity index is 2.65. The average molecular weight is 158 g/mol. The summed E-state index contributed by atoms with van der Waals surface area (Å²) >= 11 is 0. The lowest BCUT2D eigenvalue weighted by Crippen LogP contribution is -2.17. The van der Waals surface area contributed by atoms with Gasteiger partial charge in [0.25, 0.3) is 0 Å². The van der Waals surface area contributed by atoms with E-state index < -0.39 is 6.08 Å². The number of halogens is 1. The van der Waals surface area contributed by atoms with Crippen LogP contribution in [0, 0.1) is 11.5 Å². The molecule has 0 N–H and O–H groups in total. The number of nitrogens with zero attached hydrogens (tertiary/aromatic N) is 4. The first-order valence-electron chi connectivity index (χ1n) is 3.41. The van der Waals surface area contributed by atoms with Gasteiger partial charge < -0.3 is 0 Å². The first kappa shape index (κ1) is 8.10. The molecule has 0 aliphatic carbocycles. The highest BCUT2D eigenvalue weighted by atomic mass is 19.1. The van der Waals surface area contributed by atoms with Crippen LogP contribution in [-0.4, -0.2) is 20.2 Å². The van der Waals surface area contributed by atoms with Gasteiger partial charge in [-0.1, -0.05) is 25.9 Å². The minimum Gasteiger partial charge on any atom is -0.161 e. The molecule has 0 aliphatic rings. The van der Waals surface area contributed by atoms with E-state index in [-0.39, 0.29) is 5.41 Å². The Bertz CT molecular complexity index is 237. The van der Waals surface area contributed by atoms with E-state index in [1.165, 1.54) is 4.80 Å². The van der Waals surface area contributed by atoms with Crippen LogP contribution in [0.1, 0.15) is 20.8 Å². The molecule has 1 heterocycles. The minimum atomic E-state index is -0.769. The first-order chi connectivity index (χ1) is 4.97. The van der Waals surface area contributed by atoms with Gasteiger partial charge in [-0.15, -0.1) is 5.10 Å². The van der Waals surface area contributed by atoms with Gasteiger partial charge in [-0.3, -0.25) is 0 Å². The maximum absolute atomic E-state index is 12.2. The van der Waals surface area contributed by atoms with Crippen LogP contribution in [0.2, 0.25) is 0 Å². The van der Waals surface area contributed by atoms with Crippen molar-refractivity contribution >= 4 is 0 Å². The summed E-state index contributed by atoms with van der Waals surface area (Å²) in [6.45, 7) is 6.64. The van der Waals surface area contributed by atoms with Crippen molar-refractivity contribution in [3.8, 4) is 0 Å². The third kappa shape index (κ3) is 2.61. The SMILES string of the molecule is CC(C)(C)Cn1nnc(F)n1. The molecular formula is C6H11FN4. The third-order valence-electron chi connectivity index (χ3n) is 1.04. The van der Waals surface area contributed by atoms with E-state index in [2.05, 4.69) is 15.4 Å². The van der Waals surface area contributed by atoms with E-state index in [1.807, 2.05) is 20.8 Å². The Labute approximate surface area is 64.4 Å².